The van der Waals surface area contributed by atoms with E-state index >= 15 is 0 Å². The Hall–Kier alpha value is -1.85. The van der Waals surface area contributed by atoms with Gasteiger partial charge in [-0.1, -0.05) is 30.3 Å². The normalized spacial score (nSPS) is 11.8. The van der Waals surface area contributed by atoms with E-state index in [0.29, 0.717) is 10.6 Å². The van der Waals surface area contributed by atoms with E-state index in [1.807, 2.05) is 37.3 Å². The van der Waals surface area contributed by atoms with Crippen molar-refractivity contribution in [1.29, 1.82) is 0 Å². The minimum absolute atomic E-state index is 0.252. The summed E-state index contributed by atoms with van der Waals surface area (Å²) >= 11 is 0. The first-order valence-corrected chi connectivity index (χ1v) is 8.13. The van der Waals surface area contributed by atoms with Crippen molar-refractivity contribution >= 4 is 15.7 Å². The maximum absolute atomic E-state index is 12.7. The van der Waals surface area contributed by atoms with E-state index in [1.54, 1.807) is 26.1 Å². The molecule has 0 heterocycles. The van der Waals surface area contributed by atoms with Crippen molar-refractivity contribution in [1.82, 2.24) is 4.31 Å². The SMILES string of the molecule is Cc1ccc(C)c(S(=O)(=O)N(C)Cc2ccccc2N)c1. The average molecular weight is 304 g/mol. The Kier molecular flexibility index (Phi) is 4.34. The number of nitrogens with zero attached hydrogens (tertiary/aromatic N) is 1. The lowest BCUT2D eigenvalue weighted by atomic mass is 10.2. The second-order valence-electron chi connectivity index (χ2n) is 5.23. The van der Waals surface area contributed by atoms with Crippen molar-refractivity contribution < 1.29 is 8.42 Å². The van der Waals surface area contributed by atoms with Gasteiger partial charge in [0.15, 0.2) is 0 Å². The molecule has 0 fully saturated rings. The molecule has 0 aliphatic rings. The van der Waals surface area contributed by atoms with E-state index in [2.05, 4.69) is 0 Å². The number of aryl methyl sites for hydroxylation is 2. The van der Waals surface area contributed by atoms with Gasteiger partial charge in [-0.15, -0.1) is 0 Å². The molecule has 0 amide bonds. The van der Waals surface area contributed by atoms with E-state index in [0.717, 1.165) is 16.7 Å². The number of hydrogen-bond donors (Lipinski definition) is 1. The van der Waals surface area contributed by atoms with Crippen molar-refractivity contribution in [2.45, 2.75) is 25.3 Å². The van der Waals surface area contributed by atoms with E-state index in [1.165, 1.54) is 4.31 Å². The smallest absolute Gasteiger partial charge is 0.243 e. The first kappa shape index (κ1) is 15.5. The molecule has 5 heteroatoms. The quantitative estimate of drug-likeness (QED) is 0.883. The maximum Gasteiger partial charge on any atom is 0.243 e. The van der Waals surface area contributed by atoms with Crippen LogP contribution in [0.4, 0.5) is 5.69 Å². The molecule has 4 nitrogen and oxygen atoms in total. The lowest BCUT2D eigenvalue weighted by molar-refractivity contribution is 0.467. The number of nitrogen functional groups attached to an aromatic ring is 1. The van der Waals surface area contributed by atoms with Crippen LogP contribution in [0.2, 0.25) is 0 Å². The van der Waals surface area contributed by atoms with Gasteiger partial charge >= 0.3 is 0 Å². The zero-order valence-electron chi connectivity index (χ0n) is 12.5. The second-order valence-corrected chi connectivity index (χ2v) is 7.24. The molecule has 0 unspecified atom stereocenters. The molecule has 2 aromatic carbocycles. The summed E-state index contributed by atoms with van der Waals surface area (Å²) in [7, 11) is -1.96. The lowest BCUT2D eigenvalue weighted by Gasteiger charge is -2.19. The molecular weight excluding hydrogens is 284 g/mol. The molecule has 112 valence electrons. The topological polar surface area (TPSA) is 63.4 Å². The molecule has 21 heavy (non-hydrogen) atoms. The molecular formula is C16H20N2O2S. The Morgan fingerprint density at radius 1 is 1.10 bits per heavy atom. The minimum Gasteiger partial charge on any atom is -0.398 e. The first-order chi connectivity index (χ1) is 9.82. The van der Waals surface area contributed by atoms with E-state index in [4.69, 9.17) is 5.73 Å². The monoisotopic (exact) mass is 304 g/mol. The van der Waals surface area contributed by atoms with Gasteiger partial charge < -0.3 is 5.73 Å². The number of para-hydroxylation sites is 1. The Balaban J connectivity index is 2.35. The maximum atomic E-state index is 12.7. The third-order valence-electron chi connectivity index (χ3n) is 3.48. The van der Waals surface area contributed by atoms with E-state index in [-0.39, 0.29) is 6.54 Å². The molecule has 0 aromatic heterocycles. The fraction of sp³-hybridized carbons (Fsp3) is 0.250. The summed E-state index contributed by atoms with van der Waals surface area (Å²) in [6.45, 7) is 3.94. The highest BCUT2D eigenvalue weighted by molar-refractivity contribution is 7.89. The number of sulfonamides is 1. The zero-order chi connectivity index (χ0) is 15.6. The highest BCUT2D eigenvalue weighted by Crippen LogP contribution is 2.23. The van der Waals surface area contributed by atoms with Crippen molar-refractivity contribution in [2.24, 2.45) is 0 Å². The Labute approximate surface area is 126 Å². The molecule has 0 atom stereocenters. The molecule has 0 saturated heterocycles. The van der Waals surface area contributed by atoms with Gasteiger partial charge in [0.2, 0.25) is 10.0 Å². The zero-order valence-corrected chi connectivity index (χ0v) is 13.3. The number of benzene rings is 2. The third-order valence-corrected chi connectivity index (χ3v) is 5.43. The highest BCUT2D eigenvalue weighted by atomic mass is 32.2. The van der Waals surface area contributed by atoms with Crippen molar-refractivity contribution in [3.8, 4) is 0 Å². The molecule has 0 aliphatic carbocycles. The summed E-state index contributed by atoms with van der Waals surface area (Å²) in [5.41, 5.74) is 8.95. The summed E-state index contributed by atoms with van der Waals surface area (Å²) in [6.07, 6.45) is 0. The highest BCUT2D eigenvalue weighted by Gasteiger charge is 2.23. The van der Waals surface area contributed by atoms with Crippen LogP contribution >= 0.6 is 0 Å². The van der Waals surface area contributed by atoms with Crippen LogP contribution in [0.1, 0.15) is 16.7 Å². The van der Waals surface area contributed by atoms with Crippen LogP contribution < -0.4 is 5.73 Å². The van der Waals surface area contributed by atoms with Crippen LogP contribution in [-0.2, 0) is 16.6 Å². The molecule has 0 spiro atoms. The van der Waals surface area contributed by atoms with Crippen LogP contribution in [0.5, 0.6) is 0 Å². The Morgan fingerprint density at radius 2 is 1.76 bits per heavy atom. The van der Waals surface area contributed by atoms with Gasteiger partial charge in [0.05, 0.1) is 4.90 Å². The standard InChI is InChI=1S/C16H20N2O2S/c1-12-8-9-13(2)16(10-12)21(19,20)18(3)11-14-6-4-5-7-15(14)17/h4-10H,11,17H2,1-3H3. The average Bonchev–Trinajstić information content (AvgIpc) is 2.43. The molecule has 2 aromatic rings. The fourth-order valence-electron chi connectivity index (χ4n) is 2.16. The van der Waals surface area contributed by atoms with Gasteiger partial charge in [0, 0.05) is 19.3 Å². The van der Waals surface area contributed by atoms with Gasteiger partial charge in [0.1, 0.15) is 0 Å². The van der Waals surface area contributed by atoms with Gasteiger partial charge in [-0.3, -0.25) is 0 Å². The number of hydrogen-bond acceptors (Lipinski definition) is 3. The molecule has 2 N–H and O–H groups in total. The fourth-order valence-corrected chi connectivity index (χ4v) is 3.61. The lowest BCUT2D eigenvalue weighted by Crippen LogP contribution is -2.27. The third kappa shape index (κ3) is 3.25. The molecule has 0 bridgehead atoms. The number of rotatable bonds is 4. The molecule has 2 rings (SSSR count). The summed E-state index contributed by atoms with van der Waals surface area (Å²) in [4.78, 5) is 0.347. The Bertz CT molecular complexity index is 755. The van der Waals surface area contributed by atoms with Gasteiger partial charge in [0.25, 0.3) is 0 Å². The van der Waals surface area contributed by atoms with Gasteiger partial charge in [-0.25, -0.2) is 8.42 Å². The first-order valence-electron chi connectivity index (χ1n) is 6.69. The van der Waals surface area contributed by atoms with E-state index < -0.39 is 10.0 Å². The van der Waals surface area contributed by atoms with Crippen LogP contribution in [-0.4, -0.2) is 19.8 Å². The predicted molar refractivity (Wildman–Crippen MR) is 85.4 cm³/mol. The van der Waals surface area contributed by atoms with Crippen molar-refractivity contribution in [3.05, 3.63) is 59.2 Å². The van der Waals surface area contributed by atoms with Crippen LogP contribution in [0.3, 0.4) is 0 Å². The van der Waals surface area contributed by atoms with Crippen molar-refractivity contribution in [2.75, 3.05) is 12.8 Å². The summed E-state index contributed by atoms with van der Waals surface area (Å²) < 4.78 is 26.7. The molecule has 0 radical (unpaired) electrons. The molecule has 0 aliphatic heterocycles. The van der Waals surface area contributed by atoms with Crippen LogP contribution in [0.15, 0.2) is 47.4 Å². The largest absolute Gasteiger partial charge is 0.398 e. The Morgan fingerprint density at radius 3 is 2.43 bits per heavy atom. The number of anilines is 1. The predicted octanol–water partition coefficient (Wildman–Crippen LogP) is 2.71. The van der Waals surface area contributed by atoms with Crippen LogP contribution in [0, 0.1) is 13.8 Å². The molecule has 0 saturated carbocycles. The number of nitrogens with two attached hydrogens (primary N) is 1. The summed E-state index contributed by atoms with van der Waals surface area (Å²) in [6, 6.07) is 12.7. The summed E-state index contributed by atoms with van der Waals surface area (Å²) in [5, 5.41) is 0. The summed E-state index contributed by atoms with van der Waals surface area (Å²) in [5.74, 6) is 0. The second kappa shape index (κ2) is 5.87. The van der Waals surface area contributed by atoms with E-state index in [9.17, 15) is 8.42 Å². The van der Waals surface area contributed by atoms with Gasteiger partial charge in [-0.05, 0) is 42.7 Å². The van der Waals surface area contributed by atoms with Gasteiger partial charge in [-0.2, -0.15) is 4.31 Å². The van der Waals surface area contributed by atoms with Crippen molar-refractivity contribution in [3.63, 3.8) is 0 Å². The van der Waals surface area contributed by atoms with Crippen LogP contribution in [0.25, 0.3) is 0 Å². The minimum atomic E-state index is -3.53.